The van der Waals surface area contributed by atoms with Gasteiger partial charge in [0.25, 0.3) is 5.91 Å². The summed E-state index contributed by atoms with van der Waals surface area (Å²) in [7, 11) is 0.500. The van der Waals surface area contributed by atoms with Gasteiger partial charge in [-0.25, -0.2) is 0 Å². The lowest BCUT2D eigenvalue weighted by atomic mass is 10.1. The largest absolute Gasteiger partial charge is 0.477 e. The summed E-state index contributed by atoms with van der Waals surface area (Å²) in [6.07, 6.45) is -4.52. The molecule has 3 rings (SSSR count). The molecule has 0 radical (unpaired) electrons. The van der Waals surface area contributed by atoms with Gasteiger partial charge in [-0.2, -0.15) is 13.2 Å². The molecule has 1 aliphatic heterocycles. The zero-order chi connectivity index (χ0) is 23.7. The number of hydrogen-bond donors (Lipinski definition) is 2. The minimum atomic E-state index is -4.50. The number of amides is 2. The number of rotatable bonds is 6. The Kier molecular flexibility index (Phi) is 8.86. The topological polar surface area (TPSA) is 70.7 Å². The van der Waals surface area contributed by atoms with Gasteiger partial charge in [-0.15, -0.1) is 0 Å². The molecule has 2 aromatic carbocycles. The summed E-state index contributed by atoms with van der Waals surface area (Å²) in [5, 5.41) is 5.26. The van der Waals surface area contributed by atoms with Crippen LogP contribution in [-0.2, 0) is 15.8 Å². The van der Waals surface area contributed by atoms with Crippen molar-refractivity contribution in [3.05, 3.63) is 54.1 Å². The van der Waals surface area contributed by atoms with Crippen molar-refractivity contribution in [2.24, 2.45) is 0 Å². The molecule has 1 aliphatic rings. The number of fused-ring (bicyclic) bond motifs is 1. The van der Waals surface area contributed by atoms with Crippen molar-refractivity contribution in [2.45, 2.75) is 25.6 Å². The van der Waals surface area contributed by atoms with E-state index in [0.717, 1.165) is 18.6 Å². The number of carbonyl (C=O) groups is 2. The summed E-state index contributed by atoms with van der Waals surface area (Å²) >= 11 is 0. The van der Waals surface area contributed by atoms with Gasteiger partial charge >= 0.3 is 6.18 Å². The highest BCUT2D eigenvalue weighted by Gasteiger charge is 2.32. The first kappa shape index (κ1) is 25.0. The van der Waals surface area contributed by atoms with Gasteiger partial charge < -0.3 is 20.3 Å². The number of nitrogens with one attached hydrogen (secondary N) is 2. The van der Waals surface area contributed by atoms with Crippen LogP contribution in [0.25, 0.3) is 0 Å². The fourth-order valence-corrected chi connectivity index (χ4v) is 3.10. The average molecular weight is 455 g/mol. The Morgan fingerprint density at radius 1 is 1.12 bits per heavy atom. The SMILES string of the molecule is CCCNC(=O)C1CN(CC(=O)Nc2cccc(C(F)(F)F)c2)c2ccccc2O1.CF. The lowest BCUT2D eigenvalue weighted by Crippen LogP contribution is -2.50. The molecule has 0 aliphatic carbocycles. The summed E-state index contributed by atoms with van der Waals surface area (Å²) < 4.78 is 53.9. The quantitative estimate of drug-likeness (QED) is 0.646. The molecule has 0 spiro atoms. The second-order valence-corrected chi connectivity index (χ2v) is 6.87. The van der Waals surface area contributed by atoms with Crippen LogP contribution in [-0.4, -0.2) is 44.7 Å². The molecule has 1 unspecified atom stereocenters. The van der Waals surface area contributed by atoms with Crippen molar-refractivity contribution < 1.29 is 31.9 Å². The van der Waals surface area contributed by atoms with Crippen molar-refractivity contribution in [2.75, 3.05) is 37.0 Å². The molecular weight excluding hydrogens is 430 g/mol. The Hall–Kier alpha value is -3.30. The molecule has 1 atom stereocenters. The minimum Gasteiger partial charge on any atom is -0.477 e. The van der Waals surface area contributed by atoms with Gasteiger partial charge in [0.2, 0.25) is 5.91 Å². The third-order valence-electron chi connectivity index (χ3n) is 4.51. The Labute approximate surface area is 183 Å². The molecule has 6 nitrogen and oxygen atoms in total. The Morgan fingerprint density at radius 3 is 2.53 bits per heavy atom. The van der Waals surface area contributed by atoms with Crippen LogP contribution in [0, 0.1) is 0 Å². The second kappa shape index (κ2) is 11.4. The molecule has 2 amide bonds. The highest BCUT2D eigenvalue weighted by molar-refractivity contribution is 5.95. The van der Waals surface area contributed by atoms with Gasteiger partial charge in [0, 0.05) is 12.2 Å². The van der Waals surface area contributed by atoms with E-state index in [1.165, 1.54) is 12.1 Å². The van der Waals surface area contributed by atoms with Crippen molar-refractivity contribution in [1.29, 1.82) is 0 Å². The van der Waals surface area contributed by atoms with Crippen molar-refractivity contribution in [3.63, 3.8) is 0 Å². The van der Waals surface area contributed by atoms with Gasteiger partial charge in [0.1, 0.15) is 5.75 Å². The van der Waals surface area contributed by atoms with E-state index < -0.39 is 23.8 Å². The number of carbonyl (C=O) groups excluding carboxylic acids is 2. The van der Waals surface area contributed by atoms with E-state index >= 15 is 0 Å². The molecule has 2 aromatic rings. The highest BCUT2D eigenvalue weighted by Crippen LogP contribution is 2.33. The summed E-state index contributed by atoms with van der Waals surface area (Å²) in [4.78, 5) is 26.6. The van der Waals surface area contributed by atoms with E-state index in [1.54, 1.807) is 29.2 Å². The maximum atomic E-state index is 12.9. The van der Waals surface area contributed by atoms with Crippen LogP contribution in [0.1, 0.15) is 18.9 Å². The number of para-hydroxylation sites is 2. The Balaban J connectivity index is 0.00000176. The number of anilines is 2. The molecule has 0 fully saturated rings. The van der Waals surface area contributed by atoms with Crippen LogP contribution >= 0.6 is 0 Å². The van der Waals surface area contributed by atoms with Crippen LogP contribution in [0.3, 0.4) is 0 Å². The maximum Gasteiger partial charge on any atom is 0.416 e. The summed E-state index contributed by atoms with van der Waals surface area (Å²) in [6.45, 7) is 2.44. The molecule has 0 bridgehead atoms. The smallest absolute Gasteiger partial charge is 0.416 e. The lowest BCUT2D eigenvalue weighted by Gasteiger charge is -2.35. The predicted molar refractivity (Wildman–Crippen MR) is 113 cm³/mol. The van der Waals surface area contributed by atoms with Crippen LogP contribution in [0.4, 0.5) is 28.9 Å². The summed E-state index contributed by atoms with van der Waals surface area (Å²) in [5.74, 6) is -0.319. The summed E-state index contributed by atoms with van der Waals surface area (Å²) in [5.41, 5.74) is -0.158. The molecule has 32 heavy (non-hydrogen) atoms. The molecule has 0 aromatic heterocycles. The Morgan fingerprint density at radius 2 is 1.84 bits per heavy atom. The zero-order valence-electron chi connectivity index (χ0n) is 17.7. The minimum absolute atomic E-state index is 0.0496. The van der Waals surface area contributed by atoms with Crippen LogP contribution in [0.15, 0.2) is 48.5 Å². The second-order valence-electron chi connectivity index (χ2n) is 6.87. The first-order valence-corrected chi connectivity index (χ1v) is 9.91. The molecular formula is C22H25F4N3O3. The van der Waals surface area contributed by atoms with E-state index in [-0.39, 0.29) is 24.7 Å². The third-order valence-corrected chi connectivity index (χ3v) is 4.51. The maximum absolute atomic E-state index is 12.9. The van der Waals surface area contributed by atoms with Gasteiger partial charge in [-0.3, -0.25) is 14.0 Å². The number of hydrogen-bond acceptors (Lipinski definition) is 4. The summed E-state index contributed by atoms with van der Waals surface area (Å²) in [6, 6.07) is 11.4. The molecule has 10 heteroatoms. The monoisotopic (exact) mass is 455 g/mol. The molecule has 0 saturated heterocycles. The van der Waals surface area contributed by atoms with E-state index in [4.69, 9.17) is 4.74 Å². The fourth-order valence-electron chi connectivity index (χ4n) is 3.10. The highest BCUT2D eigenvalue weighted by atomic mass is 19.4. The number of benzene rings is 2. The molecule has 1 heterocycles. The van der Waals surface area contributed by atoms with E-state index in [0.29, 0.717) is 25.2 Å². The van der Waals surface area contributed by atoms with Gasteiger partial charge in [-0.1, -0.05) is 25.1 Å². The number of alkyl halides is 4. The molecule has 174 valence electrons. The van der Waals surface area contributed by atoms with E-state index in [9.17, 15) is 27.2 Å². The number of halogens is 4. The molecule has 2 N–H and O–H groups in total. The van der Waals surface area contributed by atoms with Gasteiger partial charge in [-0.05, 0) is 36.8 Å². The standard InChI is InChI=1S/C21H22F3N3O3.CH3F/c1-2-10-25-20(29)18-12-27(16-8-3-4-9-17(16)30-18)13-19(28)26-15-7-5-6-14(11-15)21(22,23)24;1-2/h3-9,11,18H,2,10,12-13H2,1H3,(H,25,29)(H,26,28);1H3. The molecule has 0 saturated carbocycles. The average Bonchev–Trinajstić information content (AvgIpc) is 2.78. The normalized spacial score (nSPS) is 14.9. The van der Waals surface area contributed by atoms with Crippen molar-refractivity contribution >= 4 is 23.2 Å². The first-order valence-electron chi connectivity index (χ1n) is 9.91. The predicted octanol–water partition coefficient (Wildman–Crippen LogP) is 4.02. The number of nitrogens with zero attached hydrogens (tertiary/aromatic N) is 1. The van der Waals surface area contributed by atoms with Crippen LogP contribution < -0.4 is 20.3 Å². The van der Waals surface area contributed by atoms with E-state index in [2.05, 4.69) is 10.6 Å². The Bertz CT molecular complexity index is 921. The van der Waals surface area contributed by atoms with Gasteiger partial charge in [0.15, 0.2) is 6.10 Å². The van der Waals surface area contributed by atoms with Crippen LogP contribution in [0.2, 0.25) is 0 Å². The first-order chi connectivity index (χ1) is 15.3. The lowest BCUT2D eigenvalue weighted by molar-refractivity contribution is -0.137. The van der Waals surface area contributed by atoms with Crippen molar-refractivity contribution in [1.82, 2.24) is 5.32 Å². The zero-order valence-corrected chi connectivity index (χ0v) is 17.7. The van der Waals surface area contributed by atoms with Gasteiger partial charge in [0.05, 0.1) is 31.5 Å². The van der Waals surface area contributed by atoms with E-state index in [1.807, 2.05) is 6.92 Å². The van der Waals surface area contributed by atoms with Crippen LogP contribution in [0.5, 0.6) is 5.75 Å². The third kappa shape index (κ3) is 6.60. The van der Waals surface area contributed by atoms with Crippen molar-refractivity contribution in [3.8, 4) is 5.75 Å². The number of ether oxygens (including phenoxy) is 1. The fraction of sp³-hybridized carbons (Fsp3) is 0.364.